The van der Waals surface area contributed by atoms with E-state index >= 15 is 0 Å². The maximum absolute atomic E-state index is 12.9. The number of nitrogens with zero attached hydrogens (tertiary/aromatic N) is 2. The Kier molecular flexibility index (Phi) is 5.29. The first kappa shape index (κ1) is 18.5. The van der Waals surface area contributed by atoms with Crippen LogP contribution in [0.4, 0.5) is 11.5 Å². The van der Waals surface area contributed by atoms with E-state index in [0.717, 1.165) is 10.6 Å². The zero-order valence-electron chi connectivity index (χ0n) is 15.1. The van der Waals surface area contributed by atoms with Crippen LogP contribution in [0.25, 0.3) is 0 Å². The summed E-state index contributed by atoms with van der Waals surface area (Å²) in [6.45, 7) is 0.927. The Balaban J connectivity index is 1.34. The summed E-state index contributed by atoms with van der Waals surface area (Å²) in [6, 6.07) is 12.8. The molecule has 0 saturated carbocycles. The van der Waals surface area contributed by atoms with Crippen LogP contribution < -0.4 is 10.6 Å². The Bertz CT molecular complexity index is 897. The first-order valence-corrected chi connectivity index (χ1v) is 10.1. The van der Waals surface area contributed by atoms with E-state index in [4.69, 9.17) is 0 Å². The highest BCUT2D eigenvalue weighted by atomic mass is 32.2. The molecule has 0 spiro atoms. The molecule has 4 rings (SSSR count). The van der Waals surface area contributed by atoms with Crippen LogP contribution in [0.5, 0.6) is 0 Å². The van der Waals surface area contributed by atoms with Crippen LogP contribution in [-0.4, -0.2) is 45.9 Å². The number of nitrogens with one attached hydrogen (secondary N) is 2. The molecule has 1 atom stereocenters. The molecule has 2 aliphatic rings. The highest BCUT2D eigenvalue weighted by Gasteiger charge is 2.37. The molecule has 1 aromatic heterocycles. The average molecular weight is 396 g/mol. The van der Waals surface area contributed by atoms with Crippen LogP contribution in [0.15, 0.2) is 53.6 Å². The molecular weight excluding hydrogens is 376 g/mol. The summed E-state index contributed by atoms with van der Waals surface area (Å²) in [5.74, 6) is -0.201. The van der Waals surface area contributed by atoms with E-state index in [9.17, 15) is 14.4 Å². The monoisotopic (exact) mass is 396 g/mol. The van der Waals surface area contributed by atoms with Crippen molar-refractivity contribution in [2.45, 2.75) is 23.0 Å². The lowest BCUT2D eigenvalue weighted by Gasteiger charge is -2.34. The Morgan fingerprint density at radius 1 is 1.11 bits per heavy atom. The van der Waals surface area contributed by atoms with Gasteiger partial charge in [0.25, 0.3) is 0 Å². The van der Waals surface area contributed by atoms with Gasteiger partial charge in [-0.15, -0.1) is 11.8 Å². The minimum Gasteiger partial charge on any atom is -0.341 e. The molecule has 28 heavy (non-hydrogen) atoms. The van der Waals surface area contributed by atoms with Crippen molar-refractivity contribution in [2.24, 2.45) is 5.92 Å². The van der Waals surface area contributed by atoms with Crippen molar-refractivity contribution < 1.29 is 14.4 Å². The standard InChI is InChI=1S/C20H20N4O3S/c25-18(23-16-7-3-4-10-21-16)13-8-11-24(12-9-13)20(27)17-19(26)22-14-5-1-2-6-15(14)28-17/h1-7,10,13,17H,8-9,11-12H2,(H,22,26)(H,21,23,25)/t17-/m0/s1. The predicted octanol–water partition coefficient (Wildman–Crippen LogP) is 2.37. The van der Waals surface area contributed by atoms with Crippen LogP contribution in [0.2, 0.25) is 0 Å². The zero-order chi connectivity index (χ0) is 19.5. The number of hydrogen-bond donors (Lipinski definition) is 2. The topological polar surface area (TPSA) is 91.4 Å². The van der Waals surface area contributed by atoms with Crippen molar-refractivity contribution >= 4 is 41.0 Å². The lowest BCUT2D eigenvalue weighted by molar-refractivity contribution is -0.136. The number of likely N-dealkylation sites (tertiary alicyclic amines) is 1. The van der Waals surface area contributed by atoms with E-state index in [-0.39, 0.29) is 23.6 Å². The molecule has 8 heteroatoms. The summed E-state index contributed by atoms with van der Waals surface area (Å²) < 4.78 is 0. The number of carbonyl (C=O) groups is 3. The van der Waals surface area contributed by atoms with Gasteiger partial charge in [-0.2, -0.15) is 0 Å². The highest BCUT2D eigenvalue weighted by Crippen LogP contribution is 2.36. The van der Waals surface area contributed by atoms with Gasteiger partial charge in [0, 0.05) is 30.1 Å². The quantitative estimate of drug-likeness (QED) is 0.778. The van der Waals surface area contributed by atoms with Gasteiger partial charge in [-0.05, 0) is 37.1 Å². The van der Waals surface area contributed by atoms with Gasteiger partial charge in [-0.1, -0.05) is 18.2 Å². The lowest BCUT2D eigenvalue weighted by Crippen LogP contribution is -2.48. The molecule has 2 aromatic rings. The molecule has 0 aliphatic carbocycles. The lowest BCUT2D eigenvalue weighted by atomic mass is 9.95. The Morgan fingerprint density at radius 3 is 2.61 bits per heavy atom. The average Bonchev–Trinajstić information content (AvgIpc) is 2.73. The molecule has 1 aromatic carbocycles. The molecule has 3 amide bonds. The number of fused-ring (bicyclic) bond motifs is 1. The molecular formula is C20H20N4O3S. The van der Waals surface area contributed by atoms with Gasteiger partial charge in [-0.3, -0.25) is 14.4 Å². The summed E-state index contributed by atoms with van der Waals surface area (Å²) in [6.07, 6.45) is 2.77. The van der Waals surface area contributed by atoms with Gasteiger partial charge in [0.05, 0.1) is 5.69 Å². The molecule has 0 radical (unpaired) electrons. The SMILES string of the molecule is O=C(Nc1ccccn1)C1CCN(C(=O)[C@H]2Sc3ccccc3NC2=O)CC1. The summed E-state index contributed by atoms with van der Waals surface area (Å²) in [5.41, 5.74) is 0.742. The van der Waals surface area contributed by atoms with E-state index in [0.29, 0.717) is 31.7 Å². The number of carbonyl (C=O) groups excluding carboxylic acids is 3. The van der Waals surface area contributed by atoms with Crippen molar-refractivity contribution in [3.05, 3.63) is 48.7 Å². The number of anilines is 2. The van der Waals surface area contributed by atoms with Crippen LogP contribution in [-0.2, 0) is 14.4 Å². The fourth-order valence-electron chi connectivity index (χ4n) is 3.41. The van der Waals surface area contributed by atoms with Crippen LogP contribution in [0, 0.1) is 5.92 Å². The van der Waals surface area contributed by atoms with Crippen LogP contribution in [0.3, 0.4) is 0 Å². The van der Waals surface area contributed by atoms with Gasteiger partial charge in [0.2, 0.25) is 17.7 Å². The van der Waals surface area contributed by atoms with Gasteiger partial charge < -0.3 is 15.5 Å². The van der Waals surface area contributed by atoms with E-state index in [1.807, 2.05) is 30.3 Å². The fourth-order valence-corrected chi connectivity index (χ4v) is 4.48. The molecule has 1 saturated heterocycles. The Hall–Kier alpha value is -2.87. The van der Waals surface area contributed by atoms with Crippen molar-refractivity contribution in [3.8, 4) is 0 Å². The third kappa shape index (κ3) is 3.87. The van der Waals surface area contributed by atoms with Crippen molar-refractivity contribution in [1.29, 1.82) is 0 Å². The molecule has 1 fully saturated rings. The maximum atomic E-state index is 12.9. The number of hydrogen-bond acceptors (Lipinski definition) is 5. The van der Waals surface area contributed by atoms with E-state index in [1.165, 1.54) is 11.8 Å². The van der Waals surface area contributed by atoms with Gasteiger partial charge >= 0.3 is 0 Å². The van der Waals surface area contributed by atoms with Crippen molar-refractivity contribution in [1.82, 2.24) is 9.88 Å². The zero-order valence-corrected chi connectivity index (χ0v) is 15.9. The molecule has 7 nitrogen and oxygen atoms in total. The maximum Gasteiger partial charge on any atom is 0.247 e. The normalized spacial score (nSPS) is 19.5. The second-order valence-electron chi connectivity index (χ2n) is 6.79. The first-order valence-electron chi connectivity index (χ1n) is 9.19. The molecule has 2 N–H and O–H groups in total. The predicted molar refractivity (Wildman–Crippen MR) is 107 cm³/mol. The summed E-state index contributed by atoms with van der Waals surface area (Å²) in [7, 11) is 0. The fraction of sp³-hybridized carbons (Fsp3) is 0.300. The smallest absolute Gasteiger partial charge is 0.247 e. The second kappa shape index (κ2) is 8.02. The Labute approximate surface area is 166 Å². The molecule has 144 valence electrons. The van der Waals surface area contributed by atoms with Crippen LogP contribution >= 0.6 is 11.8 Å². The van der Waals surface area contributed by atoms with Crippen molar-refractivity contribution in [2.75, 3.05) is 23.7 Å². The van der Waals surface area contributed by atoms with Crippen LogP contribution in [0.1, 0.15) is 12.8 Å². The first-order chi connectivity index (χ1) is 13.6. The van der Waals surface area contributed by atoms with E-state index in [1.54, 1.807) is 23.2 Å². The van der Waals surface area contributed by atoms with E-state index in [2.05, 4.69) is 15.6 Å². The number of rotatable bonds is 3. The third-order valence-electron chi connectivity index (χ3n) is 4.95. The summed E-state index contributed by atoms with van der Waals surface area (Å²) >= 11 is 1.28. The second-order valence-corrected chi connectivity index (χ2v) is 7.93. The number of piperidine rings is 1. The number of benzene rings is 1. The number of thioether (sulfide) groups is 1. The molecule has 2 aliphatic heterocycles. The summed E-state index contributed by atoms with van der Waals surface area (Å²) in [5, 5.41) is 4.84. The number of pyridine rings is 1. The number of amides is 3. The largest absolute Gasteiger partial charge is 0.341 e. The minimum atomic E-state index is -0.784. The molecule has 3 heterocycles. The minimum absolute atomic E-state index is 0.0792. The van der Waals surface area contributed by atoms with Gasteiger partial charge in [0.1, 0.15) is 5.82 Å². The third-order valence-corrected chi connectivity index (χ3v) is 6.21. The van der Waals surface area contributed by atoms with Gasteiger partial charge in [0.15, 0.2) is 5.25 Å². The molecule has 0 bridgehead atoms. The highest BCUT2D eigenvalue weighted by molar-refractivity contribution is 8.01. The number of aromatic nitrogens is 1. The summed E-state index contributed by atoms with van der Waals surface area (Å²) in [4.78, 5) is 44.3. The molecule has 0 unspecified atom stereocenters. The Morgan fingerprint density at radius 2 is 1.86 bits per heavy atom. The number of para-hydroxylation sites is 1. The van der Waals surface area contributed by atoms with E-state index < -0.39 is 5.25 Å². The van der Waals surface area contributed by atoms with Gasteiger partial charge in [-0.25, -0.2) is 4.98 Å². The van der Waals surface area contributed by atoms with Crippen molar-refractivity contribution in [3.63, 3.8) is 0 Å².